The number of carbonyl (C=O) groups is 16. The third-order valence-electron chi connectivity index (χ3n) is 24.6. The summed E-state index contributed by atoms with van der Waals surface area (Å²) in [5, 5.41) is 0. The Morgan fingerprint density at radius 3 is 1.04 bits per heavy atom. The van der Waals surface area contributed by atoms with Crippen LogP contribution in [0.25, 0.3) is 0 Å². The number of methoxy groups -OCH3 is 6. The minimum Gasteiger partial charge on any atom is -0.467 e. The van der Waals surface area contributed by atoms with Gasteiger partial charge >= 0.3 is 95.7 Å². The molecule has 0 aromatic rings. The van der Waals surface area contributed by atoms with Crippen LogP contribution in [0, 0.1) is 75.4 Å². The quantitative estimate of drug-likeness (QED) is 0.0237. The van der Waals surface area contributed by atoms with Crippen molar-refractivity contribution in [2.75, 3.05) is 169 Å². The number of carbonyl (C=O) groups excluding carboxylic acids is 16. The first-order valence-electron chi connectivity index (χ1n) is 46.6. The van der Waals surface area contributed by atoms with Crippen LogP contribution in [0.3, 0.4) is 0 Å². The van der Waals surface area contributed by atoms with Gasteiger partial charge in [-0.1, -0.05) is 27.7 Å². The molecule has 13 aliphatic rings. The van der Waals surface area contributed by atoms with Gasteiger partial charge in [-0.25, -0.2) is 38.4 Å². The molecule has 13 aliphatic carbocycles. The molecule has 13 saturated carbocycles. The lowest BCUT2D eigenvalue weighted by molar-refractivity contribution is -0.210. The highest BCUT2D eigenvalue weighted by molar-refractivity contribution is 5.73. The minimum absolute atomic E-state index is 0.00374. The number of rotatable bonds is 44. The third kappa shape index (κ3) is 51.3. The van der Waals surface area contributed by atoms with E-state index in [9.17, 15) is 76.7 Å². The molecule has 0 N–H and O–H groups in total. The van der Waals surface area contributed by atoms with Gasteiger partial charge in [-0.3, -0.25) is 38.4 Å². The summed E-state index contributed by atoms with van der Waals surface area (Å²) in [6.07, 6.45) is 25.4. The lowest BCUT2D eigenvalue weighted by Crippen LogP contribution is -2.58. The van der Waals surface area contributed by atoms with Gasteiger partial charge in [0.15, 0.2) is 13.6 Å². The molecular formula is C95H154O40. The second-order valence-electron chi connectivity index (χ2n) is 37.4. The topological polar surface area (TPSA) is 495 Å². The van der Waals surface area contributed by atoms with Gasteiger partial charge in [0.1, 0.15) is 65.1 Å². The average Bonchev–Trinajstić information content (AvgIpc) is 0.734. The van der Waals surface area contributed by atoms with Crippen molar-refractivity contribution in [3.05, 3.63) is 0 Å². The average molecular weight is 1940 g/mol. The Hall–Kier alpha value is -8.96. The van der Waals surface area contributed by atoms with Crippen LogP contribution in [0.15, 0.2) is 0 Å². The summed E-state index contributed by atoms with van der Waals surface area (Å²) in [4.78, 5) is 173. The molecule has 774 valence electrons. The molecule has 135 heavy (non-hydrogen) atoms. The molecule has 0 saturated heterocycles. The standard InChI is InChI=1S/2C16H24O5.C15H22O5.C12H20O5.C12H22O5.C11H20O5.C7H12O5.C6H10O5/c1-11(17)20-10-15-4-12-3-13(5-15)7-16(6-12,9-15)21-8-14(18)19-2;1-10(17)21-9-16-5-11-3-12(6-16)15(13(4-11)7-16)20-8-14(18)19-2;1-10(16)19-9-14-4-11-3-12(5-14)7-15(6-11,8-14)20-13(17)18-2;1-9(13)16-7-10-3-5-11(6-4-10)17-8-12(14)15-2;1-10(2)5-4-6-17-12(14)9-15-7-8-16-11(3)13;1-9(2)5-4-6-15-11(13)7-14-8-16-10(3)12;1-6(8)12-4-3-11-5-7(9)10-2;1-5(7)11-4-10-3-6(8)9-2/h12-13H,3-10H2,1-2H3;11-13,15H,3-9H2,1-2H3;11-12H,3-9H2,1-2H3;10-11H,3-8H2,1-2H3;10H,4-9H2,1-3H3;9H,4-8H2,1-3H3;3-5H2,1-2H3;3-4H2,1-2H3. The number of hydrogen-bond donors (Lipinski definition) is 0. The van der Waals surface area contributed by atoms with E-state index in [-0.39, 0.29) is 180 Å². The van der Waals surface area contributed by atoms with Gasteiger partial charge in [-0.15, -0.1) is 0 Å². The maximum absolute atomic E-state index is 11.5. The maximum Gasteiger partial charge on any atom is 0.508 e. The molecule has 40 nitrogen and oxygen atoms in total. The van der Waals surface area contributed by atoms with E-state index in [4.69, 9.17) is 61.6 Å². The van der Waals surface area contributed by atoms with Gasteiger partial charge in [-0.05, 0) is 220 Å². The molecule has 12 bridgehead atoms. The molecule has 0 amide bonds. The van der Waals surface area contributed by atoms with Crippen molar-refractivity contribution in [3.63, 3.8) is 0 Å². The molecular weight excluding hydrogens is 1780 g/mol. The van der Waals surface area contributed by atoms with E-state index < -0.39 is 41.6 Å². The normalized spacial score (nSPS) is 25.7. The van der Waals surface area contributed by atoms with Gasteiger partial charge in [0.25, 0.3) is 0 Å². The van der Waals surface area contributed by atoms with Gasteiger partial charge in [0, 0.05) is 71.6 Å². The SMILES string of the molecule is CC(=O)OCCOCC(=O)OCCCC(C)C.CC(=O)OCOCC(=O)OCCCC(C)C.COC(=O)COC12CC3CC(CC(COC(C)=O)(C3)C1)C2.COC(=O)COC1C2CC3CC1CC(COC(C)=O)(C3)C2.COC(=O)COC1CCC(COC(C)=O)CC1.COC(=O)COCCOC(C)=O.COC(=O)COCOC(C)=O.COC(=O)OC12CC3CC(CC(COC(C)=O)(C3)C1)C2. The first-order chi connectivity index (χ1) is 63.9. The lowest BCUT2D eigenvalue weighted by atomic mass is 9.48. The summed E-state index contributed by atoms with van der Waals surface area (Å²) in [6, 6.07) is 0. The molecule has 40 heteroatoms. The van der Waals surface area contributed by atoms with Crippen LogP contribution in [-0.2, 0) is 186 Å². The van der Waals surface area contributed by atoms with Gasteiger partial charge in [-0.2, -0.15) is 0 Å². The second-order valence-corrected chi connectivity index (χ2v) is 37.4. The van der Waals surface area contributed by atoms with Gasteiger partial charge in [0.2, 0.25) is 0 Å². The van der Waals surface area contributed by atoms with E-state index in [1.807, 2.05) is 0 Å². The minimum atomic E-state index is -0.588. The van der Waals surface area contributed by atoms with Crippen LogP contribution in [0.4, 0.5) is 4.79 Å². The van der Waals surface area contributed by atoms with Crippen molar-refractivity contribution in [1.29, 1.82) is 0 Å². The molecule has 13 fully saturated rings. The molecule has 0 heterocycles. The van der Waals surface area contributed by atoms with E-state index in [1.165, 1.54) is 130 Å². The van der Waals surface area contributed by atoms with Crippen molar-refractivity contribution in [1.82, 2.24) is 0 Å². The zero-order chi connectivity index (χ0) is 101. The fraction of sp³-hybridized carbons (Fsp3) is 0.832. The van der Waals surface area contributed by atoms with E-state index in [0.29, 0.717) is 92.9 Å². The highest BCUT2D eigenvalue weighted by Gasteiger charge is 2.62. The van der Waals surface area contributed by atoms with Gasteiger partial charge in [0.05, 0.1) is 113 Å². The molecule has 6 unspecified atom stereocenters. The Kier molecular flexibility index (Phi) is 57.2. The smallest absolute Gasteiger partial charge is 0.467 e. The third-order valence-corrected chi connectivity index (χ3v) is 24.6. The summed E-state index contributed by atoms with van der Waals surface area (Å²) in [5.41, 5.74) is -0.376. The van der Waals surface area contributed by atoms with Crippen molar-refractivity contribution in [2.24, 2.45) is 75.4 Å². The van der Waals surface area contributed by atoms with E-state index in [0.717, 1.165) is 134 Å². The van der Waals surface area contributed by atoms with Crippen molar-refractivity contribution in [2.45, 2.75) is 267 Å². The number of esters is 15. The van der Waals surface area contributed by atoms with E-state index in [2.05, 4.69) is 79.8 Å². The predicted molar refractivity (Wildman–Crippen MR) is 473 cm³/mol. The van der Waals surface area contributed by atoms with Crippen molar-refractivity contribution in [3.8, 4) is 0 Å². The van der Waals surface area contributed by atoms with Crippen molar-refractivity contribution < 1.29 is 190 Å². The zero-order valence-corrected chi connectivity index (χ0v) is 82.9. The molecule has 0 aromatic heterocycles. The Balaban J connectivity index is 0.000000401. The van der Waals surface area contributed by atoms with Gasteiger partial charge < -0.3 is 114 Å². The van der Waals surface area contributed by atoms with Crippen LogP contribution < -0.4 is 0 Å². The molecule has 0 aliphatic heterocycles. The first-order valence-corrected chi connectivity index (χ1v) is 46.6. The predicted octanol–water partition coefficient (Wildman–Crippen LogP) is 10.5. The fourth-order valence-electron chi connectivity index (χ4n) is 20.2. The molecule has 13 rings (SSSR count). The number of ether oxygens (including phenoxy) is 24. The Morgan fingerprint density at radius 1 is 0.304 bits per heavy atom. The highest BCUT2D eigenvalue weighted by Crippen LogP contribution is 2.65. The first kappa shape index (κ1) is 120. The summed E-state index contributed by atoms with van der Waals surface area (Å²) in [7, 11) is 7.98. The maximum atomic E-state index is 11.5. The van der Waals surface area contributed by atoms with E-state index in [1.54, 1.807) is 0 Å². The van der Waals surface area contributed by atoms with Crippen molar-refractivity contribution >= 4 is 95.7 Å². The summed E-state index contributed by atoms with van der Waals surface area (Å²) in [6.45, 7) is 22.1. The Morgan fingerprint density at radius 2 is 0.652 bits per heavy atom. The lowest BCUT2D eigenvalue weighted by Gasteiger charge is -2.61. The highest BCUT2D eigenvalue weighted by atomic mass is 16.7. The summed E-state index contributed by atoms with van der Waals surface area (Å²) < 4.78 is 118. The second kappa shape index (κ2) is 64.3. The molecule has 0 aromatic carbocycles. The zero-order valence-electron chi connectivity index (χ0n) is 82.9. The van der Waals surface area contributed by atoms with Crippen LogP contribution in [0.1, 0.15) is 244 Å². The molecule has 0 radical (unpaired) electrons. The van der Waals surface area contributed by atoms with Crippen LogP contribution >= 0.6 is 0 Å². The summed E-state index contributed by atoms with van der Waals surface area (Å²) >= 11 is 0. The molecule has 0 spiro atoms. The van der Waals surface area contributed by atoms with Crippen LogP contribution in [0.5, 0.6) is 0 Å². The fourth-order valence-corrected chi connectivity index (χ4v) is 20.2. The molecule has 6 atom stereocenters. The largest absolute Gasteiger partial charge is 0.508 e. The van der Waals surface area contributed by atoms with E-state index >= 15 is 0 Å². The summed E-state index contributed by atoms with van der Waals surface area (Å²) in [5.74, 6) is 0.618. The number of hydrogen-bond acceptors (Lipinski definition) is 40. The Bertz CT molecular complexity index is 3600. The Labute approximate surface area is 793 Å². The van der Waals surface area contributed by atoms with Crippen LogP contribution in [0.2, 0.25) is 0 Å². The van der Waals surface area contributed by atoms with Crippen LogP contribution in [-0.4, -0.2) is 288 Å². The monoisotopic (exact) mass is 1940 g/mol.